The maximum atomic E-state index is 13.3. The van der Waals surface area contributed by atoms with E-state index in [1.807, 2.05) is 18.2 Å². The number of anilines is 1. The maximum absolute atomic E-state index is 13.3. The van der Waals surface area contributed by atoms with Crippen LogP contribution < -0.4 is 11.1 Å². The Kier molecular flexibility index (Phi) is 3.20. The fourth-order valence-corrected chi connectivity index (χ4v) is 4.86. The number of nitrogens with two attached hydrogens (primary N) is 1. The molecule has 4 rings (SSSR count). The van der Waals surface area contributed by atoms with Crippen molar-refractivity contribution in [3.05, 3.63) is 52.7 Å². The van der Waals surface area contributed by atoms with Crippen molar-refractivity contribution in [3.63, 3.8) is 0 Å². The minimum atomic E-state index is -1.94. The van der Waals surface area contributed by atoms with Crippen LogP contribution in [0.3, 0.4) is 0 Å². The van der Waals surface area contributed by atoms with Crippen molar-refractivity contribution in [2.75, 3.05) is 5.32 Å². The Labute approximate surface area is 150 Å². The molecule has 26 heavy (non-hydrogen) atoms. The first-order valence-corrected chi connectivity index (χ1v) is 8.42. The lowest BCUT2D eigenvalue weighted by molar-refractivity contribution is -0.125. The van der Waals surface area contributed by atoms with E-state index in [9.17, 15) is 20.6 Å². The molecule has 1 amide bonds. The molecule has 1 aromatic carbocycles. The van der Waals surface area contributed by atoms with Crippen molar-refractivity contribution in [2.24, 2.45) is 17.1 Å². The van der Waals surface area contributed by atoms with E-state index in [0.29, 0.717) is 23.2 Å². The molecular weight excluding hydrogens is 326 g/mol. The van der Waals surface area contributed by atoms with Gasteiger partial charge in [-0.2, -0.15) is 15.8 Å². The molecule has 6 nitrogen and oxygen atoms in total. The van der Waals surface area contributed by atoms with Gasteiger partial charge in [0.1, 0.15) is 11.5 Å². The van der Waals surface area contributed by atoms with Gasteiger partial charge in [-0.25, -0.2) is 0 Å². The number of allylic oxidation sites excluding steroid dienone is 4. The first-order chi connectivity index (χ1) is 12.6. The third kappa shape index (κ3) is 1.51. The summed E-state index contributed by atoms with van der Waals surface area (Å²) in [4.78, 5) is 13.3. The van der Waals surface area contributed by atoms with Gasteiger partial charge in [0.2, 0.25) is 11.3 Å². The highest BCUT2D eigenvalue weighted by Gasteiger charge is 2.70. The fourth-order valence-electron chi connectivity index (χ4n) is 4.86. The molecule has 1 aromatic rings. The number of hydrogen-bond acceptors (Lipinski definition) is 5. The summed E-state index contributed by atoms with van der Waals surface area (Å²) in [6.07, 6.45) is 4.12. The lowest BCUT2D eigenvalue weighted by atomic mass is 9.47. The van der Waals surface area contributed by atoms with E-state index in [1.54, 1.807) is 24.3 Å². The van der Waals surface area contributed by atoms with Crippen molar-refractivity contribution in [1.29, 1.82) is 15.8 Å². The van der Waals surface area contributed by atoms with Gasteiger partial charge < -0.3 is 11.1 Å². The monoisotopic (exact) mass is 341 g/mol. The highest BCUT2D eigenvalue weighted by Crippen LogP contribution is 2.63. The maximum Gasteiger partial charge on any atom is 0.238 e. The van der Waals surface area contributed by atoms with Crippen molar-refractivity contribution in [1.82, 2.24) is 0 Å². The van der Waals surface area contributed by atoms with E-state index in [2.05, 4.69) is 11.4 Å². The molecule has 126 valence electrons. The first-order valence-electron chi connectivity index (χ1n) is 8.42. The molecule has 6 heteroatoms. The van der Waals surface area contributed by atoms with Crippen LogP contribution in [0.4, 0.5) is 5.69 Å². The highest BCUT2D eigenvalue weighted by atomic mass is 16.2. The lowest BCUT2D eigenvalue weighted by Crippen LogP contribution is -2.60. The van der Waals surface area contributed by atoms with Crippen LogP contribution in [0.1, 0.15) is 24.8 Å². The Balaban J connectivity index is 2.20. The number of carbonyl (C=O) groups is 1. The summed E-state index contributed by atoms with van der Waals surface area (Å²) < 4.78 is 0. The Morgan fingerprint density at radius 1 is 1.19 bits per heavy atom. The van der Waals surface area contributed by atoms with E-state index in [1.165, 1.54) is 0 Å². The number of rotatable bonds is 0. The number of nitrogens with zero attached hydrogens (tertiary/aromatic N) is 3. The molecular formula is C20H15N5O. The molecule has 0 bridgehead atoms. The zero-order valence-electron chi connectivity index (χ0n) is 13.9. The van der Waals surface area contributed by atoms with Gasteiger partial charge >= 0.3 is 0 Å². The second kappa shape index (κ2) is 5.22. The SMILES string of the molecule is N#CC1=C(N)C(C#N)(C#N)[C@]2(C(=O)Nc3ccccc32)[C@H]2CCCC=C12. The summed E-state index contributed by atoms with van der Waals surface area (Å²) in [6, 6.07) is 13.2. The van der Waals surface area contributed by atoms with Gasteiger partial charge in [0.05, 0.1) is 23.4 Å². The molecule has 0 radical (unpaired) electrons. The molecule has 3 aliphatic rings. The number of para-hydroxylation sites is 1. The zero-order valence-corrected chi connectivity index (χ0v) is 13.9. The number of carbonyl (C=O) groups excluding carboxylic acids is 1. The van der Waals surface area contributed by atoms with Crippen LogP contribution in [-0.4, -0.2) is 5.91 Å². The minimum Gasteiger partial charge on any atom is -0.399 e. The van der Waals surface area contributed by atoms with Gasteiger partial charge in [-0.3, -0.25) is 4.79 Å². The molecule has 0 aromatic heterocycles. The third-order valence-corrected chi connectivity index (χ3v) is 5.92. The number of fused-ring (bicyclic) bond motifs is 4. The number of nitrogens with one attached hydrogen (secondary N) is 1. The predicted octanol–water partition coefficient (Wildman–Crippen LogP) is 2.39. The fraction of sp³-hybridized carbons (Fsp3) is 0.300. The molecule has 0 saturated heterocycles. The van der Waals surface area contributed by atoms with Crippen LogP contribution in [0.15, 0.2) is 47.2 Å². The second-order valence-corrected chi connectivity index (χ2v) is 6.82. The van der Waals surface area contributed by atoms with Crippen molar-refractivity contribution >= 4 is 11.6 Å². The molecule has 0 fully saturated rings. The van der Waals surface area contributed by atoms with Crippen LogP contribution in [0, 0.1) is 45.3 Å². The molecule has 0 unspecified atom stereocenters. The summed E-state index contributed by atoms with van der Waals surface area (Å²) in [5, 5.41) is 32.7. The highest BCUT2D eigenvalue weighted by molar-refractivity contribution is 6.09. The molecule has 2 atom stereocenters. The molecule has 3 N–H and O–H groups in total. The first kappa shape index (κ1) is 15.9. The van der Waals surface area contributed by atoms with Crippen LogP contribution >= 0.6 is 0 Å². The standard InChI is InChI=1S/C20H15N5O/c21-9-13-12-5-1-2-6-14(12)20(19(10-22,11-23)17(13)24)15-7-3-4-8-16(15)25-18(20)26/h3-5,7-8,14H,1-2,6,24H2,(H,25,26)/t14-,20+/m0/s1. The van der Waals surface area contributed by atoms with E-state index < -0.39 is 22.7 Å². The summed E-state index contributed by atoms with van der Waals surface area (Å²) in [5.74, 6) is -0.847. The number of amides is 1. The van der Waals surface area contributed by atoms with Crippen LogP contribution in [0.2, 0.25) is 0 Å². The average molecular weight is 341 g/mol. The van der Waals surface area contributed by atoms with E-state index >= 15 is 0 Å². The van der Waals surface area contributed by atoms with Gasteiger partial charge in [0.25, 0.3) is 0 Å². The molecule has 1 spiro atoms. The van der Waals surface area contributed by atoms with Gasteiger partial charge in [-0.15, -0.1) is 0 Å². The third-order valence-electron chi connectivity index (χ3n) is 5.92. The van der Waals surface area contributed by atoms with E-state index in [4.69, 9.17) is 5.73 Å². The topological polar surface area (TPSA) is 126 Å². The minimum absolute atomic E-state index is 0.124. The molecule has 0 saturated carbocycles. The Morgan fingerprint density at radius 3 is 2.62 bits per heavy atom. The van der Waals surface area contributed by atoms with Gasteiger partial charge in [0, 0.05) is 11.6 Å². The van der Waals surface area contributed by atoms with Gasteiger partial charge in [-0.05, 0) is 36.5 Å². The Bertz CT molecular complexity index is 1020. The zero-order chi connectivity index (χ0) is 18.5. The van der Waals surface area contributed by atoms with Crippen LogP contribution in [0.5, 0.6) is 0 Å². The van der Waals surface area contributed by atoms with E-state index in [-0.39, 0.29) is 11.3 Å². The summed E-state index contributed by atoms with van der Waals surface area (Å²) in [5.41, 5.74) is 4.79. The number of nitriles is 3. The van der Waals surface area contributed by atoms with Crippen molar-refractivity contribution in [3.8, 4) is 18.2 Å². The summed E-state index contributed by atoms with van der Waals surface area (Å²) >= 11 is 0. The van der Waals surface area contributed by atoms with Gasteiger partial charge in [0.15, 0.2) is 0 Å². The van der Waals surface area contributed by atoms with Crippen molar-refractivity contribution < 1.29 is 4.79 Å². The molecule has 2 aliphatic carbocycles. The molecule has 1 aliphatic heterocycles. The normalized spacial score (nSPS) is 28.1. The van der Waals surface area contributed by atoms with Gasteiger partial charge in [-0.1, -0.05) is 24.3 Å². The second-order valence-electron chi connectivity index (χ2n) is 6.82. The van der Waals surface area contributed by atoms with Crippen molar-refractivity contribution in [2.45, 2.75) is 24.7 Å². The summed E-state index contributed by atoms with van der Waals surface area (Å²) in [7, 11) is 0. The van der Waals surface area contributed by atoms with Crippen LogP contribution in [-0.2, 0) is 10.2 Å². The predicted molar refractivity (Wildman–Crippen MR) is 92.7 cm³/mol. The number of benzene rings is 1. The number of hydrogen-bond donors (Lipinski definition) is 2. The quantitative estimate of drug-likeness (QED) is 0.749. The largest absolute Gasteiger partial charge is 0.399 e. The van der Waals surface area contributed by atoms with E-state index in [0.717, 1.165) is 12.8 Å². The molecule has 1 heterocycles. The lowest BCUT2D eigenvalue weighted by Gasteiger charge is -2.49. The smallest absolute Gasteiger partial charge is 0.238 e. The van der Waals surface area contributed by atoms with Crippen LogP contribution in [0.25, 0.3) is 0 Å². The summed E-state index contributed by atoms with van der Waals surface area (Å²) in [6.45, 7) is 0. The Hall–Kier alpha value is -3.56. The Morgan fingerprint density at radius 2 is 1.92 bits per heavy atom. The average Bonchev–Trinajstić information content (AvgIpc) is 2.97.